The molecule has 0 spiro atoms. The lowest BCUT2D eigenvalue weighted by Crippen LogP contribution is -2.31. The van der Waals surface area contributed by atoms with Gasteiger partial charge < -0.3 is 5.32 Å². The van der Waals surface area contributed by atoms with Crippen molar-refractivity contribution in [2.75, 3.05) is 13.1 Å². The number of hydrogen-bond donors (Lipinski definition) is 1. The zero-order valence-electron chi connectivity index (χ0n) is 9.02. The molecule has 0 bridgehead atoms. The summed E-state index contributed by atoms with van der Waals surface area (Å²) in [5.41, 5.74) is 1.21. The summed E-state index contributed by atoms with van der Waals surface area (Å²) in [6.45, 7) is 2.20. The third-order valence-electron chi connectivity index (χ3n) is 3.70. The summed E-state index contributed by atoms with van der Waals surface area (Å²) in [7, 11) is 0. The maximum Gasteiger partial charge on any atom is 0.0858 e. The molecule has 0 radical (unpaired) electrons. The molecule has 2 heterocycles. The number of rotatable bonds is 2. The normalized spacial score (nSPS) is 27.6. The molecule has 4 nitrogen and oxygen atoms in total. The van der Waals surface area contributed by atoms with E-state index in [1.165, 1.54) is 37.8 Å². The first-order valence-electron chi connectivity index (χ1n) is 6.06. The number of nitrogens with zero attached hydrogens (tertiary/aromatic N) is 3. The molecule has 0 aromatic carbocycles. The monoisotopic (exact) mass is 206 g/mol. The van der Waals surface area contributed by atoms with Crippen LogP contribution in [-0.4, -0.2) is 28.1 Å². The van der Waals surface area contributed by atoms with Gasteiger partial charge >= 0.3 is 0 Å². The Morgan fingerprint density at radius 3 is 2.87 bits per heavy atom. The van der Waals surface area contributed by atoms with Crippen LogP contribution in [0.5, 0.6) is 0 Å². The Balaban J connectivity index is 1.71. The standard InChI is InChI=1S/C11H18N4/c1-3-9(4-1)11-8-15(14-13-11)10-5-2-6-12-7-10/h8-10,12H,1-7H2. The molecule has 4 heteroatoms. The van der Waals surface area contributed by atoms with E-state index < -0.39 is 0 Å². The van der Waals surface area contributed by atoms with Crippen LogP contribution in [0.25, 0.3) is 0 Å². The van der Waals surface area contributed by atoms with Crippen LogP contribution < -0.4 is 5.32 Å². The molecule has 0 amide bonds. The van der Waals surface area contributed by atoms with E-state index in [4.69, 9.17) is 0 Å². The highest BCUT2D eigenvalue weighted by Gasteiger charge is 2.24. The minimum absolute atomic E-state index is 0.528. The minimum Gasteiger partial charge on any atom is -0.315 e. The lowest BCUT2D eigenvalue weighted by Gasteiger charge is -2.23. The fourth-order valence-electron chi connectivity index (χ4n) is 2.42. The third kappa shape index (κ3) is 1.78. The zero-order chi connectivity index (χ0) is 10.1. The molecule has 15 heavy (non-hydrogen) atoms. The molecule has 1 saturated carbocycles. The van der Waals surface area contributed by atoms with Crippen LogP contribution in [0, 0.1) is 0 Å². The number of piperidine rings is 1. The molecular weight excluding hydrogens is 188 g/mol. The van der Waals surface area contributed by atoms with E-state index in [9.17, 15) is 0 Å². The van der Waals surface area contributed by atoms with Crippen molar-refractivity contribution in [2.24, 2.45) is 0 Å². The first-order chi connectivity index (χ1) is 7.43. The summed E-state index contributed by atoms with van der Waals surface area (Å²) in [6, 6.07) is 0.528. The average Bonchev–Trinajstić information content (AvgIpc) is 2.66. The second kappa shape index (κ2) is 3.93. The van der Waals surface area contributed by atoms with Gasteiger partial charge in [0.1, 0.15) is 0 Å². The Hall–Kier alpha value is -0.900. The number of nitrogens with one attached hydrogen (secondary N) is 1. The predicted octanol–water partition coefficient (Wildman–Crippen LogP) is 1.47. The highest BCUT2D eigenvalue weighted by atomic mass is 15.4. The molecule has 1 saturated heterocycles. The first-order valence-corrected chi connectivity index (χ1v) is 6.06. The highest BCUT2D eigenvalue weighted by molar-refractivity contribution is 5.06. The summed E-state index contributed by atoms with van der Waals surface area (Å²) < 4.78 is 2.07. The lowest BCUT2D eigenvalue weighted by molar-refractivity contribution is 0.341. The van der Waals surface area contributed by atoms with E-state index >= 15 is 0 Å². The molecule has 3 rings (SSSR count). The van der Waals surface area contributed by atoms with Crippen LogP contribution >= 0.6 is 0 Å². The van der Waals surface area contributed by atoms with E-state index in [0.29, 0.717) is 12.0 Å². The van der Waals surface area contributed by atoms with Gasteiger partial charge in [-0.25, -0.2) is 4.68 Å². The molecular formula is C11H18N4. The second-order valence-electron chi connectivity index (χ2n) is 4.75. The fourth-order valence-corrected chi connectivity index (χ4v) is 2.42. The van der Waals surface area contributed by atoms with Crippen molar-refractivity contribution >= 4 is 0 Å². The van der Waals surface area contributed by atoms with Gasteiger partial charge in [-0.1, -0.05) is 11.6 Å². The molecule has 1 N–H and O–H groups in total. The van der Waals surface area contributed by atoms with Crippen LogP contribution in [0.4, 0.5) is 0 Å². The van der Waals surface area contributed by atoms with Crippen molar-refractivity contribution in [3.05, 3.63) is 11.9 Å². The van der Waals surface area contributed by atoms with Crippen molar-refractivity contribution < 1.29 is 0 Å². The van der Waals surface area contributed by atoms with Crippen molar-refractivity contribution in [2.45, 2.75) is 44.1 Å². The zero-order valence-corrected chi connectivity index (χ0v) is 9.02. The molecule has 2 fully saturated rings. The van der Waals surface area contributed by atoms with Gasteiger partial charge in [0.15, 0.2) is 0 Å². The molecule has 1 aliphatic carbocycles. The molecule has 82 valence electrons. The average molecular weight is 206 g/mol. The van der Waals surface area contributed by atoms with Gasteiger partial charge in [-0.15, -0.1) is 5.10 Å². The topological polar surface area (TPSA) is 42.7 Å². The van der Waals surface area contributed by atoms with E-state index in [1.807, 2.05) is 0 Å². The maximum atomic E-state index is 4.30. The summed E-state index contributed by atoms with van der Waals surface area (Å²) in [6.07, 6.45) is 8.64. The van der Waals surface area contributed by atoms with Crippen molar-refractivity contribution in [1.82, 2.24) is 20.3 Å². The van der Waals surface area contributed by atoms with E-state index in [1.54, 1.807) is 0 Å². The molecule has 1 aromatic rings. The summed E-state index contributed by atoms with van der Waals surface area (Å²) in [5, 5.41) is 12.0. The van der Waals surface area contributed by atoms with Crippen LogP contribution in [0.15, 0.2) is 6.20 Å². The largest absolute Gasteiger partial charge is 0.315 e. The SMILES string of the molecule is c1c(C2CCC2)nnn1C1CCCNC1. The Morgan fingerprint density at radius 2 is 2.20 bits per heavy atom. The first kappa shape index (κ1) is 9.33. The van der Waals surface area contributed by atoms with Crippen LogP contribution in [-0.2, 0) is 0 Å². The van der Waals surface area contributed by atoms with E-state index in [2.05, 4.69) is 26.5 Å². The van der Waals surface area contributed by atoms with Gasteiger partial charge in [-0.3, -0.25) is 0 Å². The Bertz CT molecular complexity index is 323. The van der Waals surface area contributed by atoms with Crippen molar-refractivity contribution in [1.29, 1.82) is 0 Å². The van der Waals surface area contributed by atoms with Crippen LogP contribution in [0.1, 0.15) is 49.8 Å². The quantitative estimate of drug-likeness (QED) is 0.796. The van der Waals surface area contributed by atoms with Crippen LogP contribution in [0.2, 0.25) is 0 Å². The highest BCUT2D eigenvalue weighted by Crippen LogP contribution is 2.35. The van der Waals surface area contributed by atoms with Crippen molar-refractivity contribution in [3.8, 4) is 0 Å². The van der Waals surface area contributed by atoms with Crippen molar-refractivity contribution in [3.63, 3.8) is 0 Å². The minimum atomic E-state index is 0.528. The van der Waals surface area contributed by atoms with Gasteiger partial charge in [0, 0.05) is 18.7 Å². The Morgan fingerprint density at radius 1 is 1.27 bits per heavy atom. The Kier molecular flexibility index (Phi) is 2.44. The summed E-state index contributed by atoms with van der Waals surface area (Å²) in [5.74, 6) is 0.704. The van der Waals surface area contributed by atoms with Gasteiger partial charge in [0.25, 0.3) is 0 Å². The van der Waals surface area contributed by atoms with Gasteiger partial charge in [-0.05, 0) is 32.2 Å². The second-order valence-corrected chi connectivity index (χ2v) is 4.75. The predicted molar refractivity (Wildman–Crippen MR) is 57.8 cm³/mol. The Labute approximate surface area is 90.0 Å². The van der Waals surface area contributed by atoms with E-state index in [0.717, 1.165) is 13.1 Å². The smallest absolute Gasteiger partial charge is 0.0858 e. The molecule has 1 aliphatic heterocycles. The molecule has 1 aromatic heterocycles. The fraction of sp³-hybridized carbons (Fsp3) is 0.818. The third-order valence-corrected chi connectivity index (χ3v) is 3.70. The number of hydrogen-bond acceptors (Lipinski definition) is 3. The van der Waals surface area contributed by atoms with Crippen LogP contribution in [0.3, 0.4) is 0 Å². The molecule has 1 unspecified atom stereocenters. The summed E-state index contributed by atoms with van der Waals surface area (Å²) >= 11 is 0. The van der Waals surface area contributed by atoms with Gasteiger partial charge in [0.05, 0.1) is 11.7 Å². The molecule has 2 aliphatic rings. The maximum absolute atomic E-state index is 4.30. The number of aromatic nitrogens is 3. The lowest BCUT2D eigenvalue weighted by atomic mass is 9.83. The summed E-state index contributed by atoms with van der Waals surface area (Å²) in [4.78, 5) is 0. The van der Waals surface area contributed by atoms with Gasteiger partial charge in [-0.2, -0.15) is 0 Å². The van der Waals surface area contributed by atoms with Gasteiger partial charge in [0.2, 0.25) is 0 Å². The molecule has 1 atom stereocenters. The van der Waals surface area contributed by atoms with E-state index in [-0.39, 0.29) is 0 Å².